The Labute approximate surface area is 117 Å². The molecule has 0 bridgehead atoms. The summed E-state index contributed by atoms with van der Waals surface area (Å²) in [6, 6.07) is 12.4. The molecule has 0 amide bonds. The van der Waals surface area contributed by atoms with Crippen molar-refractivity contribution in [3.05, 3.63) is 35.9 Å². The maximum Gasteiger partial charge on any atom is 0.0837 e. The average Bonchev–Trinajstić information content (AvgIpc) is 2.47. The third kappa shape index (κ3) is 5.87. The van der Waals surface area contributed by atoms with Crippen molar-refractivity contribution in [2.24, 2.45) is 0 Å². The molecule has 1 aromatic carbocycles. The highest BCUT2D eigenvalue weighted by atomic mass is 15.1. The highest BCUT2D eigenvalue weighted by Crippen LogP contribution is 2.12. The smallest absolute Gasteiger partial charge is 0.0837 e. The first-order valence-electron chi connectivity index (χ1n) is 7.19. The summed E-state index contributed by atoms with van der Waals surface area (Å²) in [7, 11) is 0. The van der Waals surface area contributed by atoms with Crippen LogP contribution in [0.15, 0.2) is 30.3 Å². The summed E-state index contributed by atoms with van der Waals surface area (Å²) in [5, 5.41) is 12.6. The molecule has 1 unspecified atom stereocenters. The predicted molar refractivity (Wildman–Crippen MR) is 80.1 cm³/mol. The van der Waals surface area contributed by atoms with E-state index in [1.165, 1.54) is 6.42 Å². The van der Waals surface area contributed by atoms with Crippen molar-refractivity contribution in [2.75, 3.05) is 32.7 Å². The van der Waals surface area contributed by atoms with Crippen molar-refractivity contribution in [3.63, 3.8) is 0 Å². The second kappa shape index (κ2) is 9.55. The molecule has 0 aliphatic carbocycles. The van der Waals surface area contributed by atoms with E-state index in [9.17, 15) is 5.26 Å². The molecule has 104 valence electrons. The van der Waals surface area contributed by atoms with Crippen LogP contribution < -0.4 is 5.32 Å². The highest BCUT2D eigenvalue weighted by molar-refractivity contribution is 5.24. The normalized spacial score (nSPS) is 12.3. The fourth-order valence-corrected chi connectivity index (χ4v) is 2.15. The molecule has 1 N–H and O–H groups in total. The minimum Gasteiger partial charge on any atom is -0.314 e. The summed E-state index contributed by atoms with van der Waals surface area (Å²) in [6.45, 7) is 9.36. The van der Waals surface area contributed by atoms with E-state index in [2.05, 4.69) is 30.1 Å². The van der Waals surface area contributed by atoms with E-state index in [-0.39, 0.29) is 5.92 Å². The molecule has 0 aromatic heterocycles. The van der Waals surface area contributed by atoms with Crippen LogP contribution in [0.1, 0.15) is 31.7 Å². The summed E-state index contributed by atoms with van der Waals surface area (Å²) in [5.74, 6) is -0.0533. The molecule has 0 spiro atoms. The Morgan fingerprint density at radius 1 is 1.21 bits per heavy atom. The van der Waals surface area contributed by atoms with Gasteiger partial charge in [-0.25, -0.2) is 0 Å². The topological polar surface area (TPSA) is 39.1 Å². The lowest BCUT2D eigenvalue weighted by Crippen LogP contribution is -2.34. The lowest BCUT2D eigenvalue weighted by molar-refractivity contribution is 0.287. The van der Waals surface area contributed by atoms with Gasteiger partial charge >= 0.3 is 0 Å². The van der Waals surface area contributed by atoms with Gasteiger partial charge in [-0.05, 0) is 25.1 Å². The molecule has 0 saturated carbocycles. The van der Waals surface area contributed by atoms with Crippen LogP contribution in [0.5, 0.6) is 0 Å². The number of hydrogen-bond acceptors (Lipinski definition) is 3. The average molecular weight is 259 g/mol. The van der Waals surface area contributed by atoms with Gasteiger partial charge in [0, 0.05) is 19.6 Å². The molecule has 3 nitrogen and oxygen atoms in total. The standard InChI is InChI=1S/C16H25N3/c1-3-11-19(4-2)12-10-18-14-16(13-17)15-8-6-5-7-9-15/h5-9,16,18H,3-4,10-12,14H2,1-2H3. The quantitative estimate of drug-likeness (QED) is 0.693. The molecule has 0 radical (unpaired) electrons. The van der Waals surface area contributed by atoms with Gasteiger partial charge in [-0.3, -0.25) is 0 Å². The van der Waals surface area contributed by atoms with E-state index < -0.39 is 0 Å². The Hall–Kier alpha value is -1.37. The zero-order valence-electron chi connectivity index (χ0n) is 12.1. The number of rotatable bonds is 9. The monoisotopic (exact) mass is 259 g/mol. The number of nitriles is 1. The van der Waals surface area contributed by atoms with Crippen LogP contribution in [-0.2, 0) is 0 Å². The number of hydrogen-bond donors (Lipinski definition) is 1. The molecule has 1 atom stereocenters. The van der Waals surface area contributed by atoms with Crippen molar-refractivity contribution in [1.29, 1.82) is 5.26 Å². The van der Waals surface area contributed by atoms with E-state index in [1.807, 2.05) is 30.3 Å². The molecule has 1 aromatic rings. The van der Waals surface area contributed by atoms with Crippen LogP contribution >= 0.6 is 0 Å². The largest absolute Gasteiger partial charge is 0.314 e. The van der Waals surface area contributed by atoms with Gasteiger partial charge in [0.1, 0.15) is 0 Å². The van der Waals surface area contributed by atoms with E-state index in [0.29, 0.717) is 0 Å². The van der Waals surface area contributed by atoms with Gasteiger partial charge in [-0.15, -0.1) is 0 Å². The number of benzene rings is 1. The van der Waals surface area contributed by atoms with Crippen LogP contribution in [0.4, 0.5) is 0 Å². The van der Waals surface area contributed by atoms with E-state index in [0.717, 1.165) is 38.3 Å². The van der Waals surface area contributed by atoms with Crippen LogP contribution in [0.3, 0.4) is 0 Å². The molecule has 0 saturated heterocycles. The molecular weight excluding hydrogens is 234 g/mol. The molecule has 1 rings (SSSR count). The summed E-state index contributed by atoms with van der Waals surface area (Å²) in [6.07, 6.45) is 1.19. The number of likely N-dealkylation sites (N-methyl/N-ethyl adjacent to an activating group) is 1. The third-order valence-corrected chi connectivity index (χ3v) is 3.30. The minimum absolute atomic E-state index is 0.0533. The van der Waals surface area contributed by atoms with E-state index >= 15 is 0 Å². The summed E-state index contributed by atoms with van der Waals surface area (Å²) in [4.78, 5) is 2.43. The van der Waals surface area contributed by atoms with E-state index in [4.69, 9.17) is 0 Å². The highest BCUT2D eigenvalue weighted by Gasteiger charge is 2.09. The molecule has 19 heavy (non-hydrogen) atoms. The summed E-state index contributed by atoms with van der Waals surface area (Å²) < 4.78 is 0. The first-order chi connectivity index (χ1) is 9.31. The molecule has 0 aliphatic heterocycles. The lowest BCUT2D eigenvalue weighted by atomic mass is 10.0. The fraction of sp³-hybridized carbons (Fsp3) is 0.562. The summed E-state index contributed by atoms with van der Waals surface area (Å²) >= 11 is 0. The van der Waals surface area contributed by atoms with Crippen LogP contribution in [-0.4, -0.2) is 37.6 Å². The van der Waals surface area contributed by atoms with Gasteiger partial charge in [0.2, 0.25) is 0 Å². The Morgan fingerprint density at radius 3 is 2.53 bits per heavy atom. The zero-order chi connectivity index (χ0) is 13.9. The summed E-state index contributed by atoms with van der Waals surface area (Å²) in [5.41, 5.74) is 1.10. The second-order valence-corrected chi connectivity index (χ2v) is 4.73. The zero-order valence-corrected chi connectivity index (χ0v) is 12.1. The first-order valence-corrected chi connectivity index (χ1v) is 7.19. The van der Waals surface area contributed by atoms with Gasteiger partial charge in [-0.2, -0.15) is 5.26 Å². The maximum absolute atomic E-state index is 9.22. The van der Waals surface area contributed by atoms with Gasteiger partial charge in [0.15, 0.2) is 0 Å². The van der Waals surface area contributed by atoms with Crippen molar-refractivity contribution < 1.29 is 0 Å². The van der Waals surface area contributed by atoms with Crippen LogP contribution in [0.25, 0.3) is 0 Å². The first kappa shape index (κ1) is 15.7. The maximum atomic E-state index is 9.22. The van der Waals surface area contributed by atoms with Crippen molar-refractivity contribution in [1.82, 2.24) is 10.2 Å². The SMILES string of the molecule is CCCN(CC)CCNCC(C#N)c1ccccc1. The third-order valence-electron chi connectivity index (χ3n) is 3.30. The molecule has 0 fully saturated rings. The van der Waals surface area contributed by atoms with Crippen molar-refractivity contribution in [3.8, 4) is 6.07 Å². The Morgan fingerprint density at radius 2 is 1.95 bits per heavy atom. The molecular formula is C16H25N3. The molecule has 0 heterocycles. The minimum atomic E-state index is -0.0533. The Bertz CT molecular complexity index is 369. The van der Waals surface area contributed by atoms with Gasteiger partial charge in [0.05, 0.1) is 12.0 Å². The Kier molecular flexibility index (Phi) is 7.88. The number of nitrogens with zero attached hydrogens (tertiary/aromatic N) is 2. The van der Waals surface area contributed by atoms with E-state index in [1.54, 1.807) is 0 Å². The van der Waals surface area contributed by atoms with Crippen molar-refractivity contribution >= 4 is 0 Å². The van der Waals surface area contributed by atoms with Crippen LogP contribution in [0, 0.1) is 11.3 Å². The van der Waals surface area contributed by atoms with Crippen molar-refractivity contribution in [2.45, 2.75) is 26.2 Å². The van der Waals surface area contributed by atoms with Gasteiger partial charge in [-0.1, -0.05) is 44.2 Å². The second-order valence-electron chi connectivity index (χ2n) is 4.73. The lowest BCUT2D eigenvalue weighted by Gasteiger charge is -2.20. The number of nitrogens with one attached hydrogen (secondary N) is 1. The van der Waals surface area contributed by atoms with Gasteiger partial charge in [0.25, 0.3) is 0 Å². The molecule has 0 aliphatic rings. The predicted octanol–water partition coefficient (Wildman–Crippen LogP) is 2.62. The van der Waals surface area contributed by atoms with Crippen LogP contribution in [0.2, 0.25) is 0 Å². The fourth-order valence-electron chi connectivity index (χ4n) is 2.15. The molecule has 3 heteroatoms. The van der Waals surface area contributed by atoms with Gasteiger partial charge < -0.3 is 10.2 Å². The Balaban J connectivity index is 2.29.